The van der Waals surface area contributed by atoms with Gasteiger partial charge in [-0.2, -0.15) is 0 Å². The first-order valence-electron chi connectivity index (χ1n) is 13.5. The van der Waals surface area contributed by atoms with Gasteiger partial charge in [0.05, 0.1) is 5.70 Å². The van der Waals surface area contributed by atoms with Crippen molar-refractivity contribution < 1.29 is 0 Å². The van der Waals surface area contributed by atoms with Gasteiger partial charge in [-0.25, -0.2) is 9.97 Å². The molecule has 38 heavy (non-hydrogen) atoms. The fourth-order valence-corrected chi connectivity index (χ4v) is 4.18. The van der Waals surface area contributed by atoms with E-state index in [1.54, 1.807) is 0 Å². The van der Waals surface area contributed by atoms with Gasteiger partial charge in [0.25, 0.3) is 0 Å². The Morgan fingerprint density at radius 2 is 1.68 bits per heavy atom. The summed E-state index contributed by atoms with van der Waals surface area (Å²) in [6.07, 6.45) is 6.08. The molecule has 0 bridgehead atoms. The summed E-state index contributed by atoms with van der Waals surface area (Å²) >= 11 is 6.50. The molecule has 1 heterocycles. The molecule has 7 nitrogen and oxygen atoms in total. The fraction of sp³-hybridized carbons (Fsp3) is 0.367. The number of nitrogens with one attached hydrogen (secondary N) is 2. The van der Waals surface area contributed by atoms with Gasteiger partial charge in [-0.05, 0) is 62.1 Å². The van der Waals surface area contributed by atoms with Crippen LogP contribution in [0.15, 0.2) is 65.2 Å². The van der Waals surface area contributed by atoms with Crippen molar-refractivity contribution in [3.05, 3.63) is 87.7 Å². The van der Waals surface area contributed by atoms with E-state index in [-0.39, 0.29) is 5.15 Å². The Hall–Kier alpha value is -3.58. The predicted octanol–water partition coefficient (Wildman–Crippen LogP) is 6.48. The van der Waals surface area contributed by atoms with Crippen LogP contribution in [0.2, 0.25) is 5.15 Å². The van der Waals surface area contributed by atoms with Crippen LogP contribution in [0.1, 0.15) is 68.3 Å². The molecule has 4 rings (SSSR count). The molecule has 0 spiro atoms. The molecule has 1 aliphatic carbocycles. The Balaban J connectivity index is 0.00000195. The minimum Gasteiger partial charge on any atom is -0.382 e. The number of nitrogens with two attached hydrogens (primary N) is 2. The lowest BCUT2D eigenvalue weighted by Crippen LogP contribution is -2.33. The summed E-state index contributed by atoms with van der Waals surface area (Å²) < 4.78 is 0. The highest BCUT2D eigenvalue weighted by molar-refractivity contribution is 6.31. The lowest BCUT2D eigenvalue weighted by atomic mass is 9.89. The van der Waals surface area contributed by atoms with Gasteiger partial charge in [-0.3, -0.25) is 4.99 Å². The first kappa shape index (κ1) is 29.0. The molecule has 8 heteroatoms. The molecule has 1 aliphatic rings. The van der Waals surface area contributed by atoms with Crippen molar-refractivity contribution in [1.29, 1.82) is 0 Å². The average molecular weight is 534 g/mol. The number of nitrogens with zero attached hydrogens (tertiary/aromatic N) is 3. The molecule has 1 aromatic heterocycles. The second kappa shape index (κ2) is 15.0. The number of benzene rings is 2. The highest BCUT2D eigenvalue weighted by Crippen LogP contribution is 2.34. The molecule has 3 aromatic rings. The smallest absolute Gasteiger partial charge is 0.193 e. The molecule has 2 aromatic carbocycles. The van der Waals surface area contributed by atoms with Crippen LogP contribution in [-0.2, 0) is 13.0 Å². The molecule has 6 N–H and O–H groups in total. The van der Waals surface area contributed by atoms with Crippen LogP contribution in [0, 0.1) is 6.92 Å². The first-order chi connectivity index (χ1) is 18.5. The summed E-state index contributed by atoms with van der Waals surface area (Å²) in [5.74, 6) is 1.10. The van der Waals surface area contributed by atoms with E-state index in [9.17, 15) is 0 Å². The summed E-state index contributed by atoms with van der Waals surface area (Å²) in [4.78, 5) is 13.6. The Labute approximate surface area is 231 Å². The van der Waals surface area contributed by atoms with Gasteiger partial charge in [-0.15, -0.1) is 0 Å². The summed E-state index contributed by atoms with van der Waals surface area (Å²) in [5, 5.41) is 6.74. The van der Waals surface area contributed by atoms with Gasteiger partial charge in [0.2, 0.25) is 0 Å². The van der Waals surface area contributed by atoms with Gasteiger partial charge in [0.15, 0.2) is 22.7 Å². The van der Waals surface area contributed by atoms with Gasteiger partial charge in [0, 0.05) is 13.1 Å². The molecule has 1 saturated carbocycles. The molecule has 0 aliphatic heterocycles. The highest BCUT2D eigenvalue weighted by atomic mass is 35.5. The van der Waals surface area contributed by atoms with Crippen molar-refractivity contribution in [1.82, 2.24) is 15.3 Å². The molecule has 0 unspecified atom stereocenters. The van der Waals surface area contributed by atoms with E-state index in [2.05, 4.69) is 81.0 Å². The average Bonchev–Trinajstić information content (AvgIpc) is 2.90. The second-order valence-corrected chi connectivity index (χ2v) is 9.46. The number of guanidine groups is 1. The summed E-state index contributed by atoms with van der Waals surface area (Å²) in [6.45, 7) is 7.28. The maximum absolute atomic E-state index is 6.50. The Morgan fingerprint density at radius 3 is 2.34 bits per heavy atom. The second-order valence-electron chi connectivity index (χ2n) is 9.10. The number of unbranched alkanes of at least 4 members (excludes halogenated alkanes) is 1. The van der Waals surface area contributed by atoms with Crippen LogP contribution in [0.25, 0.3) is 5.70 Å². The van der Waals surface area contributed by atoms with E-state index >= 15 is 0 Å². The molecule has 0 saturated heterocycles. The minimum atomic E-state index is 0.266. The van der Waals surface area contributed by atoms with Crippen molar-refractivity contribution in [2.45, 2.75) is 65.8 Å². The summed E-state index contributed by atoms with van der Waals surface area (Å²) in [6, 6.07) is 18.7. The molecule has 1 fully saturated rings. The predicted molar refractivity (Wildman–Crippen MR) is 161 cm³/mol. The number of halogens is 1. The van der Waals surface area contributed by atoms with Gasteiger partial charge < -0.3 is 22.1 Å². The third kappa shape index (κ3) is 8.48. The molecule has 202 valence electrons. The summed E-state index contributed by atoms with van der Waals surface area (Å²) in [7, 11) is 0. The topological polar surface area (TPSA) is 114 Å². The molecular formula is C30H40ClN7. The zero-order valence-corrected chi connectivity index (χ0v) is 23.5. The first-order valence-corrected chi connectivity index (χ1v) is 13.8. The van der Waals surface area contributed by atoms with Crippen molar-refractivity contribution in [2.75, 3.05) is 17.6 Å². The van der Waals surface area contributed by atoms with Gasteiger partial charge >= 0.3 is 0 Å². The van der Waals surface area contributed by atoms with E-state index in [1.807, 2.05) is 19.9 Å². The van der Waals surface area contributed by atoms with Gasteiger partial charge in [-0.1, -0.05) is 85.6 Å². The molecule has 0 amide bonds. The number of aliphatic imine (C=N–C) groups is 1. The monoisotopic (exact) mass is 533 g/mol. The minimum absolute atomic E-state index is 0.266. The number of aryl methyl sites for hydroxylation is 2. The van der Waals surface area contributed by atoms with Crippen LogP contribution < -0.4 is 22.1 Å². The fourth-order valence-electron chi connectivity index (χ4n) is 3.99. The van der Waals surface area contributed by atoms with Crippen molar-refractivity contribution in [3.8, 4) is 0 Å². The number of anilines is 2. The van der Waals surface area contributed by atoms with E-state index in [0.29, 0.717) is 36.4 Å². The zero-order valence-electron chi connectivity index (χ0n) is 22.7. The SMILES string of the molecule is CC.Cc1ccc(CNc2nc(N)c(C(NC(N)=NCCCCc3ccccc3)=C3CCC3)nc2Cl)cc1. The van der Waals surface area contributed by atoms with Crippen molar-refractivity contribution in [3.63, 3.8) is 0 Å². The maximum atomic E-state index is 6.50. The number of aromatic nitrogens is 2. The van der Waals surface area contributed by atoms with E-state index in [4.69, 9.17) is 23.1 Å². The molecular weight excluding hydrogens is 494 g/mol. The van der Waals surface area contributed by atoms with E-state index in [1.165, 1.54) is 16.7 Å². The maximum Gasteiger partial charge on any atom is 0.193 e. The quantitative estimate of drug-likeness (QED) is 0.135. The highest BCUT2D eigenvalue weighted by Gasteiger charge is 2.22. The van der Waals surface area contributed by atoms with Gasteiger partial charge in [0.1, 0.15) is 5.69 Å². The zero-order chi connectivity index (χ0) is 27.3. The number of hydrogen-bond donors (Lipinski definition) is 4. The third-order valence-corrected chi connectivity index (χ3v) is 6.52. The van der Waals surface area contributed by atoms with Crippen LogP contribution in [0.3, 0.4) is 0 Å². The number of allylic oxidation sites excluding steroid dienone is 1. The van der Waals surface area contributed by atoms with Crippen LogP contribution in [0.5, 0.6) is 0 Å². The lowest BCUT2D eigenvalue weighted by Gasteiger charge is -2.23. The molecule has 0 atom stereocenters. The third-order valence-electron chi connectivity index (χ3n) is 6.26. The number of rotatable bonds is 10. The van der Waals surface area contributed by atoms with Crippen LogP contribution >= 0.6 is 11.6 Å². The largest absolute Gasteiger partial charge is 0.382 e. The Kier molecular flexibility index (Phi) is 11.4. The number of hydrogen-bond acceptors (Lipinski definition) is 5. The van der Waals surface area contributed by atoms with E-state index < -0.39 is 0 Å². The molecule has 0 radical (unpaired) electrons. The Bertz CT molecular complexity index is 1220. The van der Waals surface area contributed by atoms with Crippen LogP contribution in [0.4, 0.5) is 11.6 Å². The lowest BCUT2D eigenvalue weighted by molar-refractivity contribution is 0.661. The number of nitrogen functional groups attached to an aromatic ring is 1. The van der Waals surface area contributed by atoms with E-state index in [0.717, 1.165) is 49.8 Å². The van der Waals surface area contributed by atoms with Crippen molar-refractivity contribution in [2.24, 2.45) is 10.7 Å². The normalized spacial score (nSPS) is 12.7. The Morgan fingerprint density at radius 1 is 0.974 bits per heavy atom. The van der Waals surface area contributed by atoms with Crippen molar-refractivity contribution >= 4 is 34.9 Å². The summed E-state index contributed by atoms with van der Waals surface area (Å²) in [5.41, 5.74) is 18.7. The standard InChI is InChI=1S/C28H34ClN7.C2H6/c1-19-13-15-21(16-14-19)18-33-27-25(29)34-24(26(30)36-27)23(22-11-7-12-22)35-28(31)32-17-6-5-10-20-8-3-2-4-9-20;1-2/h2-4,8-9,13-16H,5-7,10-12,17-18H2,1H3,(H3,30,33,36)(H3,31,32,35);1-2H3. The van der Waals surface area contributed by atoms with Crippen LogP contribution in [-0.4, -0.2) is 22.5 Å².